The van der Waals surface area contributed by atoms with E-state index in [0.717, 1.165) is 0 Å². The molecule has 5 nitrogen and oxygen atoms in total. The minimum absolute atomic E-state index is 0.0830. The highest BCUT2D eigenvalue weighted by molar-refractivity contribution is 9.10. The number of hydrogen-bond donors (Lipinski definition) is 1. The molecule has 0 aliphatic carbocycles. The Morgan fingerprint density at radius 2 is 2.11 bits per heavy atom. The first-order chi connectivity index (χ1) is 8.13. The summed E-state index contributed by atoms with van der Waals surface area (Å²) in [4.78, 5) is 27.7. The number of carbonyl (C=O) groups is 1. The van der Waals surface area contributed by atoms with E-state index in [1.54, 1.807) is 6.92 Å². The Bertz CT molecular complexity index is 522. The molecule has 0 aliphatic rings. The van der Waals surface area contributed by atoms with Gasteiger partial charge in [0.25, 0.3) is 5.56 Å². The molecule has 0 aromatic carbocycles. The Balaban J connectivity index is 3.05. The summed E-state index contributed by atoms with van der Waals surface area (Å²) in [6, 6.07) is -0.655. The number of amides is 1. The van der Waals surface area contributed by atoms with E-state index in [1.807, 2.05) is 20.8 Å². The van der Waals surface area contributed by atoms with Crippen molar-refractivity contribution in [3.63, 3.8) is 0 Å². The zero-order chi connectivity index (χ0) is 14.1. The fourth-order valence-corrected chi connectivity index (χ4v) is 1.73. The number of carbonyl (C=O) groups excluding carboxylic acids is 1. The van der Waals surface area contributed by atoms with Gasteiger partial charge in [-0.15, -0.1) is 0 Å². The molecule has 0 aliphatic heterocycles. The largest absolute Gasteiger partial charge is 0.350 e. The molecule has 0 fully saturated rings. The number of nitrogens with zero attached hydrogens (tertiary/aromatic N) is 2. The molecular formula is C11H15BrClN3O2. The third kappa shape index (κ3) is 3.55. The molecular weight excluding hydrogens is 321 g/mol. The zero-order valence-corrected chi connectivity index (χ0v) is 13.0. The second kappa shape index (κ2) is 5.40. The second-order valence-electron chi connectivity index (χ2n) is 4.98. The first-order valence-corrected chi connectivity index (χ1v) is 6.55. The van der Waals surface area contributed by atoms with Crippen LogP contribution in [0.15, 0.2) is 15.6 Å². The lowest BCUT2D eigenvalue weighted by atomic mass is 10.1. The van der Waals surface area contributed by atoms with Gasteiger partial charge in [0, 0.05) is 5.54 Å². The summed E-state index contributed by atoms with van der Waals surface area (Å²) in [7, 11) is 0. The maximum Gasteiger partial charge on any atom is 0.269 e. The van der Waals surface area contributed by atoms with Crippen LogP contribution in [0, 0.1) is 0 Å². The van der Waals surface area contributed by atoms with Crippen molar-refractivity contribution in [2.45, 2.75) is 39.3 Å². The van der Waals surface area contributed by atoms with Crippen molar-refractivity contribution in [3.05, 3.63) is 26.3 Å². The van der Waals surface area contributed by atoms with Crippen LogP contribution in [0.2, 0.25) is 5.15 Å². The van der Waals surface area contributed by atoms with Crippen molar-refractivity contribution >= 4 is 33.4 Å². The highest BCUT2D eigenvalue weighted by Crippen LogP contribution is 2.15. The molecule has 1 aromatic heterocycles. The van der Waals surface area contributed by atoms with Crippen molar-refractivity contribution in [3.8, 4) is 0 Å². The summed E-state index contributed by atoms with van der Waals surface area (Å²) in [6.07, 6.45) is 1.27. The van der Waals surface area contributed by atoms with Gasteiger partial charge in [-0.1, -0.05) is 11.6 Å². The van der Waals surface area contributed by atoms with Gasteiger partial charge in [0.15, 0.2) is 5.15 Å². The van der Waals surface area contributed by atoms with Gasteiger partial charge in [0.2, 0.25) is 5.91 Å². The summed E-state index contributed by atoms with van der Waals surface area (Å²) in [5.41, 5.74) is -0.738. The Morgan fingerprint density at radius 3 is 2.61 bits per heavy atom. The maximum atomic E-state index is 12.0. The van der Waals surface area contributed by atoms with E-state index in [4.69, 9.17) is 11.6 Å². The van der Waals surface area contributed by atoms with Gasteiger partial charge in [-0.05, 0) is 43.6 Å². The molecule has 18 heavy (non-hydrogen) atoms. The van der Waals surface area contributed by atoms with Crippen molar-refractivity contribution in [2.75, 3.05) is 0 Å². The van der Waals surface area contributed by atoms with Gasteiger partial charge in [0.05, 0.1) is 6.33 Å². The second-order valence-corrected chi connectivity index (χ2v) is 6.13. The lowest BCUT2D eigenvalue weighted by molar-refractivity contribution is -0.125. The Morgan fingerprint density at radius 1 is 1.56 bits per heavy atom. The van der Waals surface area contributed by atoms with Crippen LogP contribution in [0.4, 0.5) is 0 Å². The SMILES string of the molecule is CC(C(=O)NC(C)(C)C)n1cnc(Cl)c(Br)c1=O. The van der Waals surface area contributed by atoms with Crippen LogP contribution in [0.5, 0.6) is 0 Å². The number of nitrogens with one attached hydrogen (secondary N) is 1. The molecule has 0 spiro atoms. The average molecular weight is 337 g/mol. The molecule has 7 heteroatoms. The van der Waals surface area contributed by atoms with Gasteiger partial charge in [0.1, 0.15) is 10.5 Å². The van der Waals surface area contributed by atoms with Crippen molar-refractivity contribution < 1.29 is 4.79 Å². The highest BCUT2D eigenvalue weighted by atomic mass is 79.9. The van der Waals surface area contributed by atoms with E-state index in [9.17, 15) is 9.59 Å². The zero-order valence-electron chi connectivity index (χ0n) is 10.6. The van der Waals surface area contributed by atoms with Crippen LogP contribution in [0.25, 0.3) is 0 Å². The molecule has 0 saturated carbocycles. The van der Waals surface area contributed by atoms with Crippen molar-refractivity contribution in [1.82, 2.24) is 14.9 Å². The standard InChI is InChI=1S/C11H15BrClN3O2/c1-6(9(17)15-11(2,3)4)16-5-14-8(13)7(12)10(16)18/h5-6H,1-4H3,(H,15,17). The topological polar surface area (TPSA) is 64.0 Å². The smallest absolute Gasteiger partial charge is 0.269 e. The van der Waals surface area contributed by atoms with Crippen LogP contribution in [-0.4, -0.2) is 21.0 Å². The van der Waals surface area contributed by atoms with Gasteiger partial charge < -0.3 is 5.32 Å². The third-order valence-electron chi connectivity index (χ3n) is 2.19. The molecule has 0 bridgehead atoms. The number of rotatable bonds is 2. The summed E-state index contributed by atoms with van der Waals surface area (Å²) < 4.78 is 1.39. The van der Waals surface area contributed by atoms with Crippen LogP contribution in [0.1, 0.15) is 33.7 Å². The summed E-state index contributed by atoms with van der Waals surface area (Å²) in [5, 5.41) is 2.89. The molecule has 1 N–H and O–H groups in total. The lowest BCUT2D eigenvalue weighted by Gasteiger charge is -2.24. The normalized spacial score (nSPS) is 13.2. The molecule has 0 radical (unpaired) electrons. The van der Waals surface area contributed by atoms with Gasteiger partial charge in [-0.3, -0.25) is 14.2 Å². The molecule has 1 aromatic rings. The highest BCUT2D eigenvalue weighted by Gasteiger charge is 2.22. The average Bonchev–Trinajstić information content (AvgIpc) is 2.23. The fourth-order valence-electron chi connectivity index (χ4n) is 1.30. The molecule has 100 valence electrons. The fraction of sp³-hybridized carbons (Fsp3) is 0.545. The molecule has 1 heterocycles. The van der Waals surface area contributed by atoms with Crippen LogP contribution in [0.3, 0.4) is 0 Å². The molecule has 0 saturated heterocycles. The van der Waals surface area contributed by atoms with Crippen LogP contribution < -0.4 is 10.9 Å². The number of hydrogen-bond acceptors (Lipinski definition) is 3. The first-order valence-electron chi connectivity index (χ1n) is 5.37. The van der Waals surface area contributed by atoms with E-state index in [0.29, 0.717) is 0 Å². The Labute approximate surface area is 119 Å². The summed E-state index contributed by atoms with van der Waals surface area (Å²) >= 11 is 8.75. The number of halogens is 2. The lowest BCUT2D eigenvalue weighted by Crippen LogP contribution is -2.45. The first kappa shape index (κ1) is 15.2. The minimum atomic E-state index is -0.655. The minimum Gasteiger partial charge on any atom is -0.350 e. The van der Waals surface area contributed by atoms with Crippen molar-refractivity contribution in [1.29, 1.82) is 0 Å². The molecule has 1 atom stereocenters. The van der Waals surface area contributed by atoms with E-state index in [-0.39, 0.29) is 26.6 Å². The Kier molecular flexibility index (Phi) is 4.55. The quantitative estimate of drug-likeness (QED) is 0.842. The van der Waals surface area contributed by atoms with Gasteiger partial charge in [-0.25, -0.2) is 4.98 Å². The molecule has 1 rings (SSSR count). The van der Waals surface area contributed by atoms with Gasteiger partial charge >= 0.3 is 0 Å². The number of aromatic nitrogens is 2. The van der Waals surface area contributed by atoms with Crippen LogP contribution in [-0.2, 0) is 4.79 Å². The molecule has 1 amide bonds. The summed E-state index contributed by atoms with van der Waals surface area (Å²) in [5.74, 6) is -0.249. The van der Waals surface area contributed by atoms with E-state index in [1.165, 1.54) is 10.9 Å². The van der Waals surface area contributed by atoms with Crippen LogP contribution >= 0.6 is 27.5 Å². The van der Waals surface area contributed by atoms with E-state index < -0.39 is 6.04 Å². The predicted molar refractivity (Wildman–Crippen MR) is 73.8 cm³/mol. The maximum absolute atomic E-state index is 12.0. The predicted octanol–water partition coefficient (Wildman–Crippen LogP) is 2.13. The summed E-state index contributed by atoms with van der Waals surface area (Å²) in [6.45, 7) is 7.24. The molecule has 1 unspecified atom stereocenters. The van der Waals surface area contributed by atoms with E-state index in [2.05, 4.69) is 26.2 Å². The van der Waals surface area contributed by atoms with E-state index >= 15 is 0 Å². The monoisotopic (exact) mass is 335 g/mol. The van der Waals surface area contributed by atoms with Gasteiger partial charge in [-0.2, -0.15) is 0 Å². The Hall–Kier alpha value is -0.880. The van der Waals surface area contributed by atoms with Crippen molar-refractivity contribution in [2.24, 2.45) is 0 Å². The third-order valence-corrected chi connectivity index (χ3v) is 3.42.